The predicted molar refractivity (Wildman–Crippen MR) is 138 cm³/mol. The average Bonchev–Trinajstić information content (AvgIpc) is 2.83. The van der Waals surface area contributed by atoms with Gasteiger partial charge in [-0.1, -0.05) is 89.9 Å². The standard InChI is InChI=1S/C31H46F2/c1-3-5-6-7-8-9-10-11-13-29-30(32)22-28(23-31(29)33)27-20-18-26(19-21-27)25-16-14-24(12-4-2)15-17-25/h18-20,22-25,27H,3-17,21H2,1-2H3/t24-,25-,27?. The molecule has 2 aliphatic carbocycles. The number of benzene rings is 1. The molecule has 0 spiro atoms. The van der Waals surface area contributed by atoms with Crippen LogP contribution in [-0.2, 0) is 6.42 Å². The topological polar surface area (TPSA) is 0 Å². The first-order valence-electron chi connectivity index (χ1n) is 14.0. The second-order valence-corrected chi connectivity index (χ2v) is 10.6. The van der Waals surface area contributed by atoms with Crippen molar-refractivity contribution < 1.29 is 8.78 Å². The summed E-state index contributed by atoms with van der Waals surface area (Å²) in [5.74, 6) is 0.974. The molecule has 1 unspecified atom stereocenters. The van der Waals surface area contributed by atoms with Gasteiger partial charge in [0, 0.05) is 11.5 Å². The molecule has 1 aromatic rings. The van der Waals surface area contributed by atoms with Gasteiger partial charge in [-0.25, -0.2) is 8.78 Å². The van der Waals surface area contributed by atoms with Crippen LogP contribution in [0.15, 0.2) is 35.9 Å². The Morgan fingerprint density at radius 2 is 1.42 bits per heavy atom. The van der Waals surface area contributed by atoms with E-state index in [-0.39, 0.29) is 23.1 Å². The lowest BCUT2D eigenvalue weighted by atomic mass is 9.75. The summed E-state index contributed by atoms with van der Waals surface area (Å²) in [6.45, 7) is 4.51. The van der Waals surface area contributed by atoms with E-state index >= 15 is 0 Å². The van der Waals surface area contributed by atoms with E-state index in [1.165, 1.54) is 82.6 Å². The van der Waals surface area contributed by atoms with Crippen molar-refractivity contribution in [1.82, 2.24) is 0 Å². The number of halogens is 2. The monoisotopic (exact) mass is 456 g/mol. The van der Waals surface area contributed by atoms with E-state index in [0.717, 1.165) is 30.7 Å². The molecule has 3 rings (SSSR count). The Balaban J connectivity index is 1.46. The highest BCUT2D eigenvalue weighted by molar-refractivity contribution is 5.36. The summed E-state index contributed by atoms with van der Waals surface area (Å²) in [4.78, 5) is 0. The molecule has 1 atom stereocenters. The lowest BCUT2D eigenvalue weighted by Gasteiger charge is -2.30. The minimum Gasteiger partial charge on any atom is -0.207 e. The van der Waals surface area contributed by atoms with Crippen molar-refractivity contribution in [1.29, 1.82) is 0 Å². The molecule has 0 aromatic heterocycles. The molecular formula is C31H46F2. The lowest BCUT2D eigenvalue weighted by Crippen LogP contribution is -2.16. The summed E-state index contributed by atoms with van der Waals surface area (Å²) in [6.07, 6.45) is 25.6. The molecule has 1 fully saturated rings. The second kappa shape index (κ2) is 14.1. The molecule has 0 aliphatic heterocycles. The van der Waals surface area contributed by atoms with Gasteiger partial charge in [-0.2, -0.15) is 0 Å². The van der Waals surface area contributed by atoms with E-state index in [4.69, 9.17) is 0 Å². The highest BCUT2D eigenvalue weighted by atomic mass is 19.1. The Hall–Kier alpha value is -1.44. The predicted octanol–water partition coefficient (Wildman–Crippen LogP) is 10.2. The Morgan fingerprint density at radius 1 is 0.788 bits per heavy atom. The number of unbranched alkanes of at least 4 members (excludes halogenated alkanes) is 7. The number of hydrogen-bond acceptors (Lipinski definition) is 0. The molecule has 0 heterocycles. The van der Waals surface area contributed by atoms with Crippen molar-refractivity contribution >= 4 is 0 Å². The van der Waals surface area contributed by atoms with Crippen LogP contribution in [0.2, 0.25) is 0 Å². The van der Waals surface area contributed by atoms with E-state index in [1.807, 2.05) is 0 Å². The second-order valence-electron chi connectivity index (χ2n) is 10.6. The smallest absolute Gasteiger partial charge is 0.129 e. The molecule has 1 saturated carbocycles. The van der Waals surface area contributed by atoms with Gasteiger partial charge in [-0.3, -0.25) is 0 Å². The van der Waals surface area contributed by atoms with Gasteiger partial charge in [0.05, 0.1) is 0 Å². The van der Waals surface area contributed by atoms with Gasteiger partial charge in [-0.05, 0) is 80.1 Å². The summed E-state index contributed by atoms with van der Waals surface area (Å²) >= 11 is 0. The Bertz CT molecular complexity index is 744. The molecule has 1 aromatic carbocycles. The van der Waals surface area contributed by atoms with E-state index in [9.17, 15) is 8.78 Å². The fraction of sp³-hybridized carbons (Fsp3) is 0.677. The van der Waals surface area contributed by atoms with Gasteiger partial charge in [-0.15, -0.1) is 0 Å². The molecule has 184 valence electrons. The van der Waals surface area contributed by atoms with Gasteiger partial charge in [0.25, 0.3) is 0 Å². The Morgan fingerprint density at radius 3 is 2.00 bits per heavy atom. The average molecular weight is 457 g/mol. The SMILES string of the molecule is CCCCCCCCCCc1c(F)cc(C2C=CC([C@H]3CC[C@H](CCC)CC3)=CC2)cc1F. The van der Waals surface area contributed by atoms with Crippen molar-refractivity contribution in [2.75, 3.05) is 0 Å². The van der Waals surface area contributed by atoms with E-state index in [1.54, 1.807) is 12.1 Å². The molecule has 2 aliphatic rings. The minimum atomic E-state index is -0.356. The third-order valence-corrected chi connectivity index (χ3v) is 8.02. The van der Waals surface area contributed by atoms with Crippen LogP contribution in [-0.4, -0.2) is 0 Å². The zero-order valence-electron chi connectivity index (χ0n) is 21.2. The number of rotatable bonds is 13. The molecule has 0 saturated heterocycles. The molecule has 2 heteroatoms. The number of hydrogen-bond donors (Lipinski definition) is 0. The van der Waals surface area contributed by atoms with E-state index < -0.39 is 0 Å². The molecule has 0 nitrogen and oxygen atoms in total. The van der Waals surface area contributed by atoms with Crippen molar-refractivity contribution in [3.8, 4) is 0 Å². The summed E-state index contributed by atoms with van der Waals surface area (Å²) < 4.78 is 29.5. The van der Waals surface area contributed by atoms with Crippen LogP contribution < -0.4 is 0 Å². The van der Waals surface area contributed by atoms with Crippen LogP contribution in [0.3, 0.4) is 0 Å². The van der Waals surface area contributed by atoms with Crippen LogP contribution >= 0.6 is 0 Å². The molecular weight excluding hydrogens is 410 g/mol. The fourth-order valence-corrected chi connectivity index (χ4v) is 5.89. The van der Waals surface area contributed by atoms with Crippen LogP contribution in [0.4, 0.5) is 8.78 Å². The van der Waals surface area contributed by atoms with Gasteiger partial charge < -0.3 is 0 Å². The maximum Gasteiger partial charge on any atom is 0.129 e. The molecule has 0 amide bonds. The van der Waals surface area contributed by atoms with Crippen molar-refractivity contribution in [3.63, 3.8) is 0 Å². The maximum absolute atomic E-state index is 14.8. The van der Waals surface area contributed by atoms with Gasteiger partial charge >= 0.3 is 0 Å². The largest absolute Gasteiger partial charge is 0.207 e. The third-order valence-electron chi connectivity index (χ3n) is 8.02. The highest BCUT2D eigenvalue weighted by Crippen LogP contribution is 2.39. The van der Waals surface area contributed by atoms with E-state index in [2.05, 4.69) is 32.1 Å². The quantitative estimate of drug-likeness (QED) is 0.259. The first kappa shape index (κ1) is 26.2. The van der Waals surface area contributed by atoms with Gasteiger partial charge in [0.2, 0.25) is 0 Å². The summed E-state index contributed by atoms with van der Waals surface area (Å²) in [7, 11) is 0. The van der Waals surface area contributed by atoms with Crippen LogP contribution in [0, 0.1) is 23.5 Å². The Kier molecular flexibility index (Phi) is 11.2. The number of allylic oxidation sites excluding steroid dienone is 4. The normalized spacial score (nSPS) is 23.0. The third kappa shape index (κ3) is 8.08. The van der Waals surface area contributed by atoms with Gasteiger partial charge in [0.15, 0.2) is 0 Å². The lowest BCUT2D eigenvalue weighted by molar-refractivity contribution is 0.288. The summed E-state index contributed by atoms with van der Waals surface area (Å²) in [6, 6.07) is 3.18. The van der Waals surface area contributed by atoms with Crippen LogP contribution in [0.25, 0.3) is 0 Å². The highest BCUT2D eigenvalue weighted by Gasteiger charge is 2.24. The van der Waals surface area contributed by atoms with Crippen LogP contribution in [0.1, 0.15) is 127 Å². The van der Waals surface area contributed by atoms with Crippen molar-refractivity contribution in [3.05, 3.63) is 58.7 Å². The first-order chi connectivity index (χ1) is 16.1. The first-order valence-corrected chi connectivity index (χ1v) is 14.0. The van der Waals surface area contributed by atoms with E-state index in [0.29, 0.717) is 12.3 Å². The van der Waals surface area contributed by atoms with Gasteiger partial charge in [0.1, 0.15) is 11.6 Å². The fourth-order valence-electron chi connectivity index (χ4n) is 5.89. The summed E-state index contributed by atoms with van der Waals surface area (Å²) in [5, 5.41) is 0. The molecule has 33 heavy (non-hydrogen) atoms. The zero-order valence-corrected chi connectivity index (χ0v) is 21.2. The molecule has 0 radical (unpaired) electrons. The van der Waals surface area contributed by atoms with Crippen molar-refractivity contribution in [2.45, 2.75) is 122 Å². The molecule has 0 bridgehead atoms. The van der Waals surface area contributed by atoms with Crippen LogP contribution in [0.5, 0.6) is 0 Å². The van der Waals surface area contributed by atoms with Crippen molar-refractivity contribution in [2.24, 2.45) is 11.8 Å². The summed E-state index contributed by atoms with van der Waals surface area (Å²) in [5.41, 5.74) is 2.51. The maximum atomic E-state index is 14.8. The molecule has 0 N–H and O–H groups in total. The zero-order chi connectivity index (χ0) is 23.5. The Labute approximate surface area is 201 Å². The minimum absolute atomic E-state index is 0.0892.